The van der Waals surface area contributed by atoms with Gasteiger partial charge in [-0.1, -0.05) is 47.5 Å². The average Bonchev–Trinajstić information content (AvgIpc) is 2.52. The molecule has 0 spiro atoms. The van der Waals surface area contributed by atoms with Crippen LogP contribution in [0.5, 0.6) is 0 Å². The molecular weight excluding hydrogens is 326 g/mol. The molecule has 2 aromatic carbocycles. The van der Waals surface area contributed by atoms with Gasteiger partial charge >= 0.3 is 0 Å². The van der Waals surface area contributed by atoms with Crippen molar-refractivity contribution in [2.45, 2.75) is 20.3 Å². The van der Waals surface area contributed by atoms with E-state index in [0.717, 1.165) is 11.1 Å². The Morgan fingerprint density at radius 2 is 1.88 bits per heavy atom. The SMILES string of the molecule is Cc1ccc(NC(=O)CC(=O)NN=Cc2ccccc2Cl)c(C)c1. The second kappa shape index (κ2) is 8.26. The van der Waals surface area contributed by atoms with Crippen molar-refractivity contribution in [3.8, 4) is 0 Å². The van der Waals surface area contributed by atoms with Crippen molar-refractivity contribution in [3.05, 3.63) is 64.2 Å². The number of carbonyl (C=O) groups excluding carboxylic acids is 2. The third-order valence-electron chi connectivity index (χ3n) is 3.28. The molecule has 0 radical (unpaired) electrons. The van der Waals surface area contributed by atoms with Crippen LogP contribution in [0, 0.1) is 13.8 Å². The van der Waals surface area contributed by atoms with E-state index in [0.29, 0.717) is 16.3 Å². The number of rotatable bonds is 5. The molecule has 0 atom stereocenters. The Kier molecular flexibility index (Phi) is 6.09. The summed E-state index contributed by atoms with van der Waals surface area (Å²) < 4.78 is 0. The van der Waals surface area contributed by atoms with Gasteiger partial charge in [0.15, 0.2) is 0 Å². The minimum Gasteiger partial charge on any atom is -0.325 e. The second-order valence-corrected chi connectivity index (χ2v) is 5.77. The van der Waals surface area contributed by atoms with Gasteiger partial charge in [-0.3, -0.25) is 9.59 Å². The number of amides is 2. The Balaban J connectivity index is 1.85. The summed E-state index contributed by atoms with van der Waals surface area (Å²) in [7, 11) is 0. The highest BCUT2D eigenvalue weighted by molar-refractivity contribution is 6.33. The summed E-state index contributed by atoms with van der Waals surface area (Å²) in [6.45, 7) is 3.87. The molecular formula is C18H18ClN3O2. The van der Waals surface area contributed by atoms with E-state index >= 15 is 0 Å². The molecule has 124 valence electrons. The maximum atomic E-state index is 11.9. The van der Waals surface area contributed by atoms with Crippen molar-refractivity contribution in [2.24, 2.45) is 5.10 Å². The minimum absolute atomic E-state index is 0.312. The fourth-order valence-corrected chi connectivity index (χ4v) is 2.27. The zero-order chi connectivity index (χ0) is 17.5. The lowest BCUT2D eigenvalue weighted by Crippen LogP contribution is -2.24. The fraction of sp³-hybridized carbons (Fsp3) is 0.167. The van der Waals surface area contributed by atoms with E-state index in [2.05, 4.69) is 15.8 Å². The first-order chi connectivity index (χ1) is 11.5. The number of halogens is 1. The largest absolute Gasteiger partial charge is 0.325 e. The van der Waals surface area contributed by atoms with Crippen LogP contribution in [-0.2, 0) is 9.59 Å². The quantitative estimate of drug-likeness (QED) is 0.496. The molecule has 0 aliphatic rings. The van der Waals surface area contributed by atoms with Crippen molar-refractivity contribution >= 4 is 35.3 Å². The molecule has 24 heavy (non-hydrogen) atoms. The zero-order valence-electron chi connectivity index (χ0n) is 13.5. The summed E-state index contributed by atoms with van der Waals surface area (Å²) in [5.41, 5.74) is 5.74. The van der Waals surface area contributed by atoms with Gasteiger partial charge < -0.3 is 5.32 Å². The Hall–Kier alpha value is -2.66. The normalized spacial score (nSPS) is 10.6. The van der Waals surface area contributed by atoms with Crippen LogP contribution >= 0.6 is 11.6 Å². The molecule has 0 unspecified atom stereocenters. The van der Waals surface area contributed by atoms with Crippen molar-refractivity contribution < 1.29 is 9.59 Å². The highest BCUT2D eigenvalue weighted by atomic mass is 35.5. The smallest absolute Gasteiger partial charge is 0.249 e. The maximum absolute atomic E-state index is 11.9. The Bertz CT molecular complexity index is 788. The molecule has 0 saturated carbocycles. The van der Waals surface area contributed by atoms with Gasteiger partial charge in [-0.2, -0.15) is 5.10 Å². The first kappa shape index (κ1) is 17.7. The molecule has 0 saturated heterocycles. The average molecular weight is 344 g/mol. The topological polar surface area (TPSA) is 70.6 Å². The number of hydrogen-bond acceptors (Lipinski definition) is 3. The molecule has 2 amide bonds. The van der Waals surface area contributed by atoms with Crippen LogP contribution in [0.1, 0.15) is 23.1 Å². The molecule has 0 aliphatic carbocycles. The van der Waals surface area contributed by atoms with Crippen LogP contribution in [-0.4, -0.2) is 18.0 Å². The zero-order valence-corrected chi connectivity index (χ0v) is 14.2. The first-order valence-corrected chi connectivity index (χ1v) is 7.77. The van der Waals surface area contributed by atoms with E-state index in [1.807, 2.05) is 38.1 Å². The minimum atomic E-state index is -0.499. The van der Waals surface area contributed by atoms with E-state index in [9.17, 15) is 9.59 Å². The van der Waals surface area contributed by atoms with E-state index < -0.39 is 11.8 Å². The summed E-state index contributed by atoms with van der Waals surface area (Å²) in [6.07, 6.45) is 1.12. The molecule has 2 aromatic rings. The molecule has 2 rings (SSSR count). The van der Waals surface area contributed by atoms with Crippen LogP contribution in [0.4, 0.5) is 5.69 Å². The third-order valence-corrected chi connectivity index (χ3v) is 3.62. The predicted molar refractivity (Wildman–Crippen MR) is 96.4 cm³/mol. The highest BCUT2D eigenvalue weighted by Gasteiger charge is 2.10. The Morgan fingerprint density at radius 3 is 2.58 bits per heavy atom. The lowest BCUT2D eigenvalue weighted by Gasteiger charge is -2.08. The van der Waals surface area contributed by atoms with Gasteiger partial charge in [0.2, 0.25) is 11.8 Å². The van der Waals surface area contributed by atoms with Crippen molar-refractivity contribution in [2.75, 3.05) is 5.32 Å². The number of hydrazone groups is 1. The molecule has 0 aromatic heterocycles. The number of carbonyl (C=O) groups is 2. The first-order valence-electron chi connectivity index (χ1n) is 7.39. The molecule has 0 bridgehead atoms. The lowest BCUT2D eigenvalue weighted by molar-refractivity contribution is -0.126. The number of anilines is 1. The summed E-state index contributed by atoms with van der Waals surface area (Å²) >= 11 is 5.97. The van der Waals surface area contributed by atoms with Gasteiger partial charge in [-0.15, -0.1) is 0 Å². The van der Waals surface area contributed by atoms with Crippen LogP contribution in [0.15, 0.2) is 47.6 Å². The molecule has 0 aliphatic heterocycles. The molecule has 6 heteroatoms. The summed E-state index contributed by atoms with van der Waals surface area (Å²) in [5.74, 6) is -0.895. The van der Waals surface area contributed by atoms with E-state index in [1.165, 1.54) is 6.21 Å². The van der Waals surface area contributed by atoms with Crippen molar-refractivity contribution in [1.82, 2.24) is 5.43 Å². The van der Waals surface area contributed by atoms with Crippen molar-refractivity contribution in [3.63, 3.8) is 0 Å². The molecule has 0 fully saturated rings. The van der Waals surface area contributed by atoms with E-state index in [-0.39, 0.29) is 6.42 Å². The maximum Gasteiger partial charge on any atom is 0.249 e. The van der Waals surface area contributed by atoms with Crippen LogP contribution in [0.25, 0.3) is 0 Å². The number of nitrogens with one attached hydrogen (secondary N) is 2. The van der Waals surface area contributed by atoms with Crippen LogP contribution in [0.3, 0.4) is 0 Å². The van der Waals surface area contributed by atoms with Gasteiger partial charge in [0.1, 0.15) is 6.42 Å². The van der Waals surface area contributed by atoms with Gasteiger partial charge in [0.25, 0.3) is 0 Å². The second-order valence-electron chi connectivity index (χ2n) is 5.36. The summed E-state index contributed by atoms with van der Waals surface area (Å²) in [4.78, 5) is 23.6. The van der Waals surface area contributed by atoms with Gasteiger partial charge in [-0.05, 0) is 31.5 Å². The molecule has 2 N–H and O–H groups in total. The highest BCUT2D eigenvalue weighted by Crippen LogP contribution is 2.16. The Morgan fingerprint density at radius 1 is 1.12 bits per heavy atom. The molecule has 0 heterocycles. The summed E-state index contributed by atoms with van der Waals surface area (Å²) in [5, 5.41) is 7.05. The number of nitrogens with zero attached hydrogens (tertiary/aromatic N) is 1. The number of aryl methyl sites for hydroxylation is 2. The van der Waals surface area contributed by atoms with Gasteiger partial charge in [0.05, 0.1) is 6.21 Å². The van der Waals surface area contributed by atoms with E-state index in [1.54, 1.807) is 18.2 Å². The fourth-order valence-electron chi connectivity index (χ4n) is 2.09. The van der Waals surface area contributed by atoms with E-state index in [4.69, 9.17) is 11.6 Å². The monoisotopic (exact) mass is 343 g/mol. The van der Waals surface area contributed by atoms with Gasteiger partial charge in [-0.25, -0.2) is 5.43 Å². The Labute approximate surface area is 145 Å². The van der Waals surface area contributed by atoms with Crippen LogP contribution < -0.4 is 10.7 Å². The standard InChI is InChI=1S/C18H18ClN3O2/c1-12-7-8-16(13(2)9-12)21-17(23)10-18(24)22-20-11-14-5-3-4-6-15(14)19/h3-9,11H,10H2,1-2H3,(H,21,23)(H,22,24). The molecule has 5 nitrogen and oxygen atoms in total. The van der Waals surface area contributed by atoms with Gasteiger partial charge in [0, 0.05) is 16.3 Å². The van der Waals surface area contributed by atoms with Crippen molar-refractivity contribution in [1.29, 1.82) is 0 Å². The number of benzene rings is 2. The third kappa shape index (κ3) is 5.21. The summed E-state index contributed by atoms with van der Waals surface area (Å²) in [6, 6.07) is 12.8. The predicted octanol–water partition coefficient (Wildman–Crippen LogP) is 3.44. The van der Waals surface area contributed by atoms with Crippen LogP contribution in [0.2, 0.25) is 5.02 Å². The lowest BCUT2D eigenvalue weighted by atomic mass is 10.1. The number of hydrogen-bond donors (Lipinski definition) is 2.